The van der Waals surface area contributed by atoms with Crippen LogP contribution >= 0.6 is 0 Å². The molecule has 136 valence electrons. The van der Waals surface area contributed by atoms with E-state index >= 15 is 0 Å². The van der Waals surface area contributed by atoms with E-state index in [1.807, 2.05) is 0 Å². The summed E-state index contributed by atoms with van der Waals surface area (Å²) in [5, 5.41) is 2.54. The summed E-state index contributed by atoms with van der Waals surface area (Å²) in [7, 11) is 0. The van der Waals surface area contributed by atoms with Crippen LogP contribution in [0.4, 0.5) is 20.4 Å². The average molecular weight is 359 g/mol. The molecule has 1 N–H and O–H groups in total. The first-order valence-electron chi connectivity index (χ1n) is 8.67. The van der Waals surface area contributed by atoms with E-state index < -0.39 is 17.5 Å². The van der Waals surface area contributed by atoms with E-state index in [1.165, 1.54) is 12.4 Å². The summed E-state index contributed by atoms with van der Waals surface area (Å²) in [5.74, 6) is -1.66. The van der Waals surface area contributed by atoms with Gasteiger partial charge in [0.15, 0.2) is 0 Å². The number of rotatable bonds is 3. The highest BCUT2D eigenvalue weighted by Gasteiger charge is 2.30. The van der Waals surface area contributed by atoms with Gasteiger partial charge in [0.05, 0.1) is 23.6 Å². The van der Waals surface area contributed by atoms with Crippen LogP contribution in [-0.2, 0) is 0 Å². The molecule has 2 aromatic rings. The second-order valence-electron chi connectivity index (χ2n) is 6.62. The monoisotopic (exact) mass is 359 g/mol. The molecule has 1 aromatic heterocycles. The number of amides is 1. The highest BCUT2D eigenvalue weighted by molar-refractivity contribution is 6.04. The van der Waals surface area contributed by atoms with Crippen LogP contribution in [0.3, 0.4) is 0 Å². The second kappa shape index (κ2) is 6.95. The van der Waals surface area contributed by atoms with Crippen LogP contribution in [0, 0.1) is 11.6 Å². The van der Waals surface area contributed by atoms with Gasteiger partial charge in [-0.05, 0) is 25.0 Å². The van der Waals surface area contributed by atoms with Crippen molar-refractivity contribution in [2.75, 3.05) is 36.4 Å². The number of benzene rings is 1. The number of nitrogens with zero attached hydrogens (tertiary/aromatic N) is 4. The zero-order valence-corrected chi connectivity index (χ0v) is 14.2. The van der Waals surface area contributed by atoms with Gasteiger partial charge in [-0.3, -0.25) is 4.79 Å². The Kier molecular flexibility index (Phi) is 4.50. The van der Waals surface area contributed by atoms with Crippen molar-refractivity contribution in [1.82, 2.24) is 14.9 Å². The molecule has 3 saturated heterocycles. The molecule has 26 heavy (non-hydrogen) atoms. The molecule has 3 fully saturated rings. The molecule has 3 aliphatic rings. The third kappa shape index (κ3) is 3.37. The number of aromatic nitrogens is 2. The maximum atomic E-state index is 13.7. The minimum atomic E-state index is -0.907. The number of nitrogens with one attached hydrogen (secondary N) is 1. The molecular weight excluding hydrogens is 340 g/mol. The van der Waals surface area contributed by atoms with Crippen molar-refractivity contribution < 1.29 is 13.6 Å². The smallest absolute Gasteiger partial charge is 0.258 e. The first-order valence-corrected chi connectivity index (χ1v) is 8.67. The first kappa shape index (κ1) is 16.8. The van der Waals surface area contributed by atoms with Crippen molar-refractivity contribution in [3.8, 4) is 0 Å². The van der Waals surface area contributed by atoms with Crippen LogP contribution in [0.25, 0.3) is 0 Å². The minimum absolute atomic E-state index is 0.228. The normalized spacial score (nSPS) is 22.2. The highest BCUT2D eigenvalue weighted by Crippen LogP contribution is 2.24. The molecule has 0 saturated carbocycles. The van der Waals surface area contributed by atoms with Crippen LogP contribution in [0.1, 0.15) is 23.2 Å². The van der Waals surface area contributed by atoms with Gasteiger partial charge in [-0.2, -0.15) is 0 Å². The van der Waals surface area contributed by atoms with Crippen molar-refractivity contribution in [1.29, 1.82) is 0 Å². The molecule has 0 unspecified atom stereocenters. The molecule has 8 heteroatoms. The van der Waals surface area contributed by atoms with E-state index in [0.29, 0.717) is 23.7 Å². The zero-order valence-electron chi connectivity index (χ0n) is 14.2. The van der Waals surface area contributed by atoms with E-state index in [-0.39, 0.29) is 5.56 Å². The Morgan fingerprint density at radius 1 is 1.08 bits per heavy atom. The van der Waals surface area contributed by atoms with Gasteiger partial charge in [-0.1, -0.05) is 0 Å². The fourth-order valence-electron chi connectivity index (χ4n) is 3.56. The number of fused-ring (bicyclic) bond motifs is 4. The Morgan fingerprint density at radius 2 is 1.81 bits per heavy atom. The maximum Gasteiger partial charge on any atom is 0.258 e. The number of anilines is 2. The molecule has 0 aliphatic carbocycles. The lowest BCUT2D eigenvalue weighted by Crippen LogP contribution is -2.38. The standard InChI is InChI=1S/C18H19F2N5O/c19-12-1-2-15(16(20)9-12)17(26)23-13-10-21-18(22-11-13)25-8-7-24-5-3-14(25)4-6-24/h1-2,9-11,14H,3-8H2,(H,23,26). The number of hydrogen-bond donors (Lipinski definition) is 1. The molecule has 5 rings (SSSR count). The van der Waals surface area contributed by atoms with Crippen molar-refractivity contribution in [2.45, 2.75) is 18.9 Å². The molecule has 0 radical (unpaired) electrons. The van der Waals surface area contributed by atoms with E-state index in [2.05, 4.69) is 25.1 Å². The van der Waals surface area contributed by atoms with Crippen LogP contribution in [0.2, 0.25) is 0 Å². The Balaban J connectivity index is 1.46. The van der Waals surface area contributed by atoms with Crippen LogP contribution in [-0.4, -0.2) is 53.0 Å². The fourth-order valence-corrected chi connectivity index (χ4v) is 3.56. The average Bonchev–Trinajstić information content (AvgIpc) is 2.96. The summed E-state index contributed by atoms with van der Waals surface area (Å²) in [6, 6.07) is 3.28. The molecule has 0 spiro atoms. The Hall–Kier alpha value is -2.61. The third-order valence-corrected chi connectivity index (χ3v) is 4.98. The van der Waals surface area contributed by atoms with E-state index in [0.717, 1.165) is 51.2 Å². The van der Waals surface area contributed by atoms with Crippen LogP contribution in [0.5, 0.6) is 0 Å². The van der Waals surface area contributed by atoms with Crippen LogP contribution < -0.4 is 10.2 Å². The Labute approximate surface area is 149 Å². The molecular formula is C18H19F2N5O. The zero-order chi connectivity index (χ0) is 18.1. The topological polar surface area (TPSA) is 61.4 Å². The Morgan fingerprint density at radius 3 is 2.50 bits per heavy atom. The van der Waals surface area contributed by atoms with E-state index in [1.54, 1.807) is 0 Å². The minimum Gasteiger partial charge on any atom is -0.336 e. The van der Waals surface area contributed by atoms with Gasteiger partial charge < -0.3 is 15.1 Å². The number of hydrogen-bond acceptors (Lipinski definition) is 5. The molecule has 3 aliphatic heterocycles. The summed E-state index contributed by atoms with van der Waals surface area (Å²) in [4.78, 5) is 25.5. The van der Waals surface area contributed by atoms with Gasteiger partial charge in [0.2, 0.25) is 5.95 Å². The predicted octanol–water partition coefficient (Wildman–Crippen LogP) is 2.29. The van der Waals surface area contributed by atoms with Gasteiger partial charge >= 0.3 is 0 Å². The number of piperidine rings is 1. The quantitative estimate of drug-likeness (QED) is 0.911. The van der Waals surface area contributed by atoms with Crippen LogP contribution in [0.15, 0.2) is 30.6 Å². The van der Waals surface area contributed by atoms with Crippen molar-refractivity contribution in [3.63, 3.8) is 0 Å². The molecule has 4 heterocycles. The van der Waals surface area contributed by atoms with E-state index in [4.69, 9.17) is 0 Å². The van der Waals surface area contributed by atoms with Crippen molar-refractivity contribution in [3.05, 3.63) is 47.8 Å². The Bertz CT molecular complexity index is 806. The third-order valence-electron chi connectivity index (χ3n) is 4.98. The molecule has 1 aromatic carbocycles. The molecule has 1 amide bonds. The summed E-state index contributed by atoms with van der Waals surface area (Å²) in [5.41, 5.74) is 0.138. The van der Waals surface area contributed by atoms with Gasteiger partial charge in [-0.15, -0.1) is 0 Å². The molecule has 6 nitrogen and oxygen atoms in total. The SMILES string of the molecule is O=C(Nc1cnc(N2CCN3CCC2CC3)nc1)c1ccc(F)cc1F. The lowest BCUT2D eigenvalue weighted by atomic mass is 10.1. The maximum absolute atomic E-state index is 13.7. The van der Waals surface area contributed by atoms with Gasteiger partial charge in [0.25, 0.3) is 5.91 Å². The first-order chi connectivity index (χ1) is 12.6. The van der Waals surface area contributed by atoms with Crippen molar-refractivity contribution in [2.24, 2.45) is 0 Å². The van der Waals surface area contributed by atoms with E-state index in [9.17, 15) is 13.6 Å². The number of carbonyl (C=O) groups is 1. The summed E-state index contributed by atoms with van der Waals surface area (Å²) >= 11 is 0. The van der Waals surface area contributed by atoms with Gasteiger partial charge in [0, 0.05) is 38.3 Å². The number of carbonyl (C=O) groups excluding carboxylic acids is 1. The summed E-state index contributed by atoms with van der Waals surface area (Å²) in [6.07, 6.45) is 5.23. The molecule has 0 atom stereocenters. The molecule has 2 bridgehead atoms. The predicted molar refractivity (Wildman–Crippen MR) is 93.2 cm³/mol. The summed E-state index contributed by atoms with van der Waals surface area (Å²) < 4.78 is 26.6. The number of halogens is 2. The largest absolute Gasteiger partial charge is 0.336 e. The summed E-state index contributed by atoms with van der Waals surface area (Å²) in [6.45, 7) is 4.11. The van der Waals surface area contributed by atoms with Crippen molar-refractivity contribution >= 4 is 17.5 Å². The van der Waals surface area contributed by atoms with Gasteiger partial charge in [0.1, 0.15) is 11.6 Å². The second-order valence-corrected chi connectivity index (χ2v) is 6.62. The fraction of sp³-hybridized carbons (Fsp3) is 0.389. The lowest BCUT2D eigenvalue weighted by molar-refractivity contribution is 0.102. The highest BCUT2D eigenvalue weighted by atomic mass is 19.1. The van der Waals surface area contributed by atoms with Gasteiger partial charge in [-0.25, -0.2) is 18.7 Å². The lowest BCUT2D eigenvalue weighted by Gasteiger charge is -2.31.